The molecule has 2 N–H and O–H groups in total. The molecule has 1 amide bonds. The Labute approximate surface area is 140 Å². The molecule has 0 unspecified atom stereocenters. The summed E-state index contributed by atoms with van der Waals surface area (Å²) in [5, 5.41) is 12.7. The maximum Gasteiger partial charge on any atom is 0.491 e. The molecule has 2 aromatic carbocycles. The quantitative estimate of drug-likeness (QED) is 0.826. The lowest BCUT2D eigenvalue weighted by molar-refractivity contribution is 0.102. The van der Waals surface area contributed by atoms with Gasteiger partial charge in [-0.15, -0.1) is 0 Å². The van der Waals surface area contributed by atoms with Gasteiger partial charge in [0.25, 0.3) is 5.91 Å². The number of benzene rings is 2. The molecule has 0 saturated carbocycles. The van der Waals surface area contributed by atoms with Gasteiger partial charge in [-0.3, -0.25) is 4.79 Å². The van der Waals surface area contributed by atoms with Gasteiger partial charge in [-0.2, -0.15) is 0 Å². The molecule has 0 aromatic heterocycles. The van der Waals surface area contributed by atoms with Crippen molar-refractivity contribution < 1.29 is 23.9 Å². The lowest BCUT2D eigenvalue weighted by Gasteiger charge is -2.20. The lowest BCUT2D eigenvalue weighted by atomic mass is 9.73. The predicted octanol–water partition coefficient (Wildman–Crippen LogP) is 1.22. The summed E-state index contributed by atoms with van der Waals surface area (Å²) >= 11 is 0. The third-order valence-corrected chi connectivity index (χ3v) is 3.97. The summed E-state index contributed by atoms with van der Waals surface area (Å²) < 4.78 is 15.6. The molecule has 1 aliphatic heterocycles. The molecule has 6 nitrogen and oxygen atoms in total. The first-order chi connectivity index (χ1) is 11.6. The van der Waals surface area contributed by atoms with Crippen molar-refractivity contribution in [3.8, 4) is 11.5 Å². The van der Waals surface area contributed by atoms with Gasteiger partial charge in [0.2, 0.25) is 0 Å². The molecule has 0 bridgehead atoms. The summed E-state index contributed by atoms with van der Waals surface area (Å²) in [4.78, 5) is 12.5. The zero-order valence-corrected chi connectivity index (χ0v) is 13.5. The Balaban J connectivity index is 1.84. The molecule has 0 spiro atoms. The zero-order valence-electron chi connectivity index (χ0n) is 13.5. The molecular formula is C17H18BNO5. The van der Waals surface area contributed by atoms with Crippen LogP contribution in [0.5, 0.6) is 11.5 Å². The first kappa shape index (κ1) is 16.4. The number of anilines is 1. The number of hydrogen-bond acceptors (Lipinski definition) is 5. The van der Waals surface area contributed by atoms with Crippen LogP contribution in [0.4, 0.5) is 5.69 Å². The minimum Gasteiger partial charge on any atom is -0.497 e. The number of carbonyl (C=O) groups excluding carboxylic acids is 1. The Morgan fingerprint density at radius 2 is 2.04 bits per heavy atom. The van der Waals surface area contributed by atoms with E-state index < -0.39 is 7.12 Å². The van der Waals surface area contributed by atoms with Gasteiger partial charge in [-0.25, -0.2) is 0 Å². The van der Waals surface area contributed by atoms with E-state index in [0.717, 1.165) is 12.0 Å². The minimum atomic E-state index is -0.957. The van der Waals surface area contributed by atoms with Crippen molar-refractivity contribution in [1.29, 1.82) is 0 Å². The molecule has 0 fully saturated rings. The molecule has 3 rings (SSSR count). The molecule has 1 aliphatic rings. The standard InChI is InChI=1S/C17H18BNO5/c1-22-13-5-6-14(16(10-13)23-2)17(20)19-12-4-3-11-7-8-24-18(21)15(11)9-12/h3-6,9-10,21H,7-8H2,1-2H3,(H,19,20). The van der Waals surface area contributed by atoms with E-state index in [0.29, 0.717) is 34.8 Å². The van der Waals surface area contributed by atoms with Crippen molar-refractivity contribution in [2.45, 2.75) is 6.42 Å². The largest absolute Gasteiger partial charge is 0.497 e. The average Bonchev–Trinajstić information content (AvgIpc) is 2.61. The molecule has 2 aromatic rings. The fourth-order valence-electron chi connectivity index (χ4n) is 2.69. The van der Waals surface area contributed by atoms with Crippen molar-refractivity contribution >= 4 is 24.2 Å². The first-order valence-electron chi connectivity index (χ1n) is 7.58. The fraction of sp³-hybridized carbons (Fsp3) is 0.235. The van der Waals surface area contributed by atoms with E-state index in [-0.39, 0.29) is 5.91 Å². The highest BCUT2D eigenvalue weighted by atomic mass is 16.5. The second-order valence-corrected chi connectivity index (χ2v) is 5.41. The van der Waals surface area contributed by atoms with E-state index in [1.165, 1.54) is 7.11 Å². The Bertz CT molecular complexity index is 765. The van der Waals surface area contributed by atoms with Crippen molar-refractivity contribution in [1.82, 2.24) is 0 Å². The molecule has 0 radical (unpaired) electrons. The number of ether oxygens (including phenoxy) is 2. The Morgan fingerprint density at radius 1 is 1.21 bits per heavy atom. The SMILES string of the molecule is COc1ccc(C(=O)Nc2ccc3c(c2)B(O)OCC3)c(OC)c1. The van der Waals surface area contributed by atoms with Crippen molar-refractivity contribution in [3.05, 3.63) is 47.5 Å². The summed E-state index contributed by atoms with van der Waals surface area (Å²) in [6.07, 6.45) is 0.743. The van der Waals surface area contributed by atoms with Crippen LogP contribution in [-0.2, 0) is 11.1 Å². The Kier molecular flexibility index (Phi) is 4.73. The number of amides is 1. The smallest absolute Gasteiger partial charge is 0.491 e. The van der Waals surface area contributed by atoms with Crippen LogP contribution < -0.4 is 20.3 Å². The molecule has 124 valence electrons. The van der Waals surface area contributed by atoms with E-state index in [2.05, 4.69) is 5.32 Å². The third-order valence-electron chi connectivity index (χ3n) is 3.97. The number of carbonyl (C=O) groups is 1. The summed E-state index contributed by atoms with van der Waals surface area (Å²) in [6.45, 7) is 0.489. The lowest BCUT2D eigenvalue weighted by Crippen LogP contribution is -2.41. The second-order valence-electron chi connectivity index (χ2n) is 5.41. The highest BCUT2D eigenvalue weighted by Gasteiger charge is 2.25. The van der Waals surface area contributed by atoms with Gasteiger partial charge < -0.3 is 24.5 Å². The van der Waals surface area contributed by atoms with Gasteiger partial charge in [0.1, 0.15) is 11.5 Å². The highest BCUT2D eigenvalue weighted by molar-refractivity contribution is 6.61. The van der Waals surface area contributed by atoms with E-state index in [1.807, 2.05) is 12.1 Å². The van der Waals surface area contributed by atoms with Crippen LogP contribution in [0.1, 0.15) is 15.9 Å². The summed E-state index contributed by atoms with van der Waals surface area (Å²) in [5.74, 6) is 0.728. The Hall–Kier alpha value is -2.51. The van der Waals surface area contributed by atoms with Gasteiger partial charge in [-0.1, -0.05) is 6.07 Å². The molecule has 0 saturated heterocycles. The van der Waals surface area contributed by atoms with E-state index >= 15 is 0 Å². The number of rotatable bonds is 4. The van der Waals surface area contributed by atoms with Gasteiger partial charge in [0.15, 0.2) is 0 Å². The van der Waals surface area contributed by atoms with Gasteiger partial charge in [0, 0.05) is 18.4 Å². The van der Waals surface area contributed by atoms with Crippen LogP contribution in [0.3, 0.4) is 0 Å². The highest BCUT2D eigenvalue weighted by Crippen LogP contribution is 2.25. The van der Waals surface area contributed by atoms with Crippen LogP contribution in [-0.4, -0.2) is 38.9 Å². The van der Waals surface area contributed by atoms with Crippen molar-refractivity contribution in [2.75, 3.05) is 26.1 Å². The summed E-state index contributed by atoms with van der Waals surface area (Å²) in [6, 6.07) is 10.4. The van der Waals surface area contributed by atoms with Gasteiger partial charge in [0.05, 0.1) is 19.8 Å². The monoisotopic (exact) mass is 327 g/mol. The van der Waals surface area contributed by atoms with Crippen molar-refractivity contribution in [3.63, 3.8) is 0 Å². The molecular weight excluding hydrogens is 309 g/mol. The molecule has 1 heterocycles. The van der Waals surface area contributed by atoms with Crippen LogP contribution in [0.25, 0.3) is 0 Å². The number of hydrogen-bond donors (Lipinski definition) is 2. The predicted molar refractivity (Wildman–Crippen MR) is 91.2 cm³/mol. The first-order valence-corrected chi connectivity index (χ1v) is 7.58. The van der Waals surface area contributed by atoms with Crippen LogP contribution in [0, 0.1) is 0 Å². The number of nitrogens with one attached hydrogen (secondary N) is 1. The topological polar surface area (TPSA) is 77.0 Å². The Morgan fingerprint density at radius 3 is 2.79 bits per heavy atom. The normalized spacial score (nSPS) is 13.2. The zero-order chi connectivity index (χ0) is 17.1. The summed E-state index contributed by atoms with van der Waals surface area (Å²) in [7, 11) is 2.09. The van der Waals surface area contributed by atoms with Crippen LogP contribution >= 0.6 is 0 Å². The molecule has 7 heteroatoms. The second kappa shape index (κ2) is 6.94. The third kappa shape index (κ3) is 3.22. The number of methoxy groups -OCH3 is 2. The van der Waals surface area contributed by atoms with Crippen LogP contribution in [0.15, 0.2) is 36.4 Å². The van der Waals surface area contributed by atoms with Crippen LogP contribution in [0.2, 0.25) is 0 Å². The van der Waals surface area contributed by atoms with Crippen molar-refractivity contribution in [2.24, 2.45) is 0 Å². The molecule has 24 heavy (non-hydrogen) atoms. The maximum absolute atomic E-state index is 12.5. The van der Waals surface area contributed by atoms with E-state index in [4.69, 9.17) is 14.1 Å². The van der Waals surface area contributed by atoms with E-state index in [9.17, 15) is 9.82 Å². The molecule has 0 atom stereocenters. The average molecular weight is 327 g/mol. The summed E-state index contributed by atoms with van der Waals surface area (Å²) in [5.41, 5.74) is 2.68. The fourth-order valence-corrected chi connectivity index (χ4v) is 2.69. The molecule has 0 aliphatic carbocycles. The van der Waals surface area contributed by atoms with Gasteiger partial charge in [-0.05, 0) is 41.7 Å². The minimum absolute atomic E-state index is 0.305. The number of fused-ring (bicyclic) bond motifs is 1. The maximum atomic E-state index is 12.5. The van der Waals surface area contributed by atoms with Gasteiger partial charge >= 0.3 is 7.12 Å². The van der Waals surface area contributed by atoms with E-state index in [1.54, 1.807) is 31.4 Å².